The first-order valence-corrected chi connectivity index (χ1v) is 18.5. The Morgan fingerprint density at radius 1 is 0.694 bits per heavy atom. The molecule has 0 bridgehead atoms. The largest absolute Gasteiger partial charge is 0.459 e. The molecule has 0 atom stereocenters. The van der Waals surface area contributed by atoms with Crippen molar-refractivity contribution in [3.63, 3.8) is 0 Å². The molecule has 1 aromatic heterocycles. The summed E-state index contributed by atoms with van der Waals surface area (Å²) < 4.78 is 62.7. The number of nitrogens with one attached hydrogen (secondary N) is 1. The van der Waals surface area contributed by atoms with Crippen molar-refractivity contribution >= 4 is 43.8 Å². The Labute approximate surface area is 291 Å². The van der Waals surface area contributed by atoms with Gasteiger partial charge >= 0.3 is 0 Å². The minimum absolute atomic E-state index is 0.0201. The monoisotopic (exact) mass is 718 g/mol. The minimum Gasteiger partial charge on any atom is -0.459 e. The lowest BCUT2D eigenvalue weighted by Gasteiger charge is -2.21. The van der Waals surface area contributed by atoms with E-state index in [0.29, 0.717) is 16.3 Å². The smallest absolute Gasteiger partial charge is 0.255 e. The molecule has 1 amide bonds. The minimum atomic E-state index is -4.01. The molecule has 0 spiro atoms. The standard InChI is InChI=1S/C36H35ClN4O6S2/c1-27-8-18-34(19-9-27)48(43,44)40(24-30-12-14-31(37)15-13-30)25-33-17-16-32(47-33)22-38-39-36(42)26-41(23-29-6-4-3-5-7-29)49(45,46)35-20-10-28(2)11-21-35/h3-22H,23-26H2,1-2H3,(H,39,42)/b38-22-. The maximum absolute atomic E-state index is 13.7. The van der Waals surface area contributed by atoms with Gasteiger partial charge in [0, 0.05) is 18.1 Å². The molecule has 0 unspecified atom stereocenters. The van der Waals surface area contributed by atoms with Crippen molar-refractivity contribution in [1.29, 1.82) is 0 Å². The van der Waals surface area contributed by atoms with Gasteiger partial charge in [0.1, 0.15) is 11.5 Å². The summed E-state index contributed by atoms with van der Waals surface area (Å²) in [5.41, 5.74) is 5.66. The van der Waals surface area contributed by atoms with Crippen molar-refractivity contribution in [2.24, 2.45) is 5.10 Å². The SMILES string of the molecule is Cc1ccc(S(=O)(=O)N(CC(=O)N/N=C\c2ccc(CN(Cc3ccc(Cl)cc3)S(=O)(=O)c3ccc(C)cc3)o2)Cc2ccccc2)cc1. The van der Waals surface area contributed by atoms with Gasteiger partial charge in [-0.05, 0) is 73.5 Å². The van der Waals surface area contributed by atoms with E-state index < -0.39 is 32.5 Å². The number of sulfonamides is 2. The predicted molar refractivity (Wildman–Crippen MR) is 189 cm³/mol. The maximum Gasteiger partial charge on any atom is 0.255 e. The predicted octanol–water partition coefficient (Wildman–Crippen LogP) is 6.28. The first-order chi connectivity index (χ1) is 23.4. The second kappa shape index (κ2) is 15.7. The number of nitrogens with zero attached hydrogens (tertiary/aromatic N) is 3. The third-order valence-corrected chi connectivity index (χ3v) is 11.4. The van der Waals surface area contributed by atoms with Crippen molar-refractivity contribution in [2.45, 2.75) is 43.3 Å². The van der Waals surface area contributed by atoms with Crippen LogP contribution < -0.4 is 5.43 Å². The fourth-order valence-corrected chi connectivity index (χ4v) is 7.74. The van der Waals surface area contributed by atoms with Crippen LogP contribution in [0.4, 0.5) is 0 Å². The lowest BCUT2D eigenvalue weighted by Crippen LogP contribution is -2.39. The summed E-state index contributed by atoms with van der Waals surface area (Å²) in [4.78, 5) is 13.2. The molecule has 5 rings (SSSR count). The maximum atomic E-state index is 13.7. The van der Waals surface area contributed by atoms with E-state index in [-0.39, 0.29) is 35.2 Å². The van der Waals surface area contributed by atoms with Crippen molar-refractivity contribution in [2.75, 3.05) is 6.54 Å². The summed E-state index contributed by atoms with van der Waals surface area (Å²) in [6.45, 7) is 3.22. The summed E-state index contributed by atoms with van der Waals surface area (Å²) in [6.07, 6.45) is 1.26. The summed E-state index contributed by atoms with van der Waals surface area (Å²) >= 11 is 6.04. The topological polar surface area (TPSA) is 129 Å². The van der Waals surface area contributed by atoms with E-state index in [1.54, 1.807) is 97.1 Å². The van der Waals surface area contributed by atoms with E-state index >= 15 is 0 Å². The number of carbonyl (C=O) groups is 1. The van der Waals surface area contributed by atoms with Crippen molar-refractivity contribution < 1.29 is 26.0 Å². The number of hydrogen-bond acceptors (Lipinski definition) is 7. The van der Waals surface area contributed by atoms with E-state index in [2.05, 4.69) is 10.5 Å². The van der Waals surface area contributed by atoms with Gasteiger partial charge in [-0.1, -0.05) is 89.5 Å². The molecular weight excluding hydrogens is 684 g/mol. The van der Waals surface area contributed by atoms with Gasteiger partial charge in [-0.3, -0.25) is 4.79 Å². The van der Waals surface area contributed by atoms with Crippen molar-refractivity contribution in [1.82, 2.24) is 14.0 Å². The molecule has 10 nitrogen and oxygen atoms in total. The average Bonchev–Trinajstić information content (AvgIpc) is 3.53. The van der Waals surface area contributed by atoms with Gasteiger partial charge in [-0.15, -0.1) is 0 Å². The highest BCUT2D eigenvalue weighted by atomic mass is 35.5. The van der Waals surface area contributed by atoms with Crippen LogP contribution in [-0.4, -0.2) is 44.1 Å². The van der Waals surface area contributed by atoms with Crippen LogP contribution in [0, 0.1) is 13.8 Å². The third-order valence-electron chi connectivity index (χ3n) is 7.51. The number of hydrazone groups is 1. The molecule has 254 valence electrons. The number of aryl methyl sites for hydroxylation is 2. The molecule has 0 aliphatic heterocycles. The van der Waals surface area contributed by atoms with Crippen LogP contribution in [-0.2, 0) is 44.5 Å². The average molecular weight is 719 g/mol. The first-order valence-electron chi connectivity index (χ1n) is 15.2. The third kappa shape index (κ3) is 9.52. The summed E-state index contributed by atoms with van der Waals surface area (Å²) in [5.74, 6) is -0.0634. The molecule has 49 heavy (non-hydrogen) atoms. The number of carbonyl (C=O) groups excluding carboxylic acids is 1. The number of furan rings is 1. The Kier molecular flexibility index (Phi) is 11.5. The van der Waals surface area contributed by atoms with Gasteiger partial charge in [0.15, 0.2) is 0 Å². The molecule has 0 fully saturated rings. The van der Waals surface area contributed by atoms with Crippen LogP contribution in [0.2, 0.25) is 5.02 Å². The number of halogens is 1. The highest BCUT2D eigenvalue weighted by Crippen LogP contribution is 2.24. The molecular formula is C36H35ClN4O6S2. The van der Waals surface area contributed by atoms with Crippen LogP contribution >= 0.6 is 11.6 Å². The van der Waals surface area contributed by atoms with Gasteiger partial charge in [0.05, 0.1) is 29.1 Å². The van der Waals surface area contributed by atoms with E-state index in [0.717, 1.165) is 21.0 Å². The number of amides is 1. The highest BCUT2D eigenvalue weighted by Gasteiger charge is 2.28. The summed E-state index contributed by atoms with van der Waals surface area (Å²) in [5, 5.41) is 4.49. The van der Waals surface area contributed by atoms with Crippen LogP contribution in [0.25, 0.3) is 0 Å². The van der Waals surface area contributed by atoms with E-state index in [9.17, 15) is 21.6 Å². The first kappa shape index (κ1) is 35.7. The fraction of sp³-hybridized carbons (Fsp3) is 0.167. The molecule has 5 aromatic rings. The van der Waals surface area contributed by atoms with Gasteiger partial charge in [0.25, 0.3) is 5.91 Å². The lowest BCUT2D eigenvalue weighted by atomic mass is 10.2. The molecule has 1 heterocycles. The Morgan fingerprint density at radius 2 is 1.22 bits per heavy atom. The Balaban J connectivity index is 1.28. The molecule has 0 saturated heterocycles. The van der Waals surface area contributed by atoms with Gasteiger partial charge in [0.2, 0.25) is 20.0 Å². The zero-order valence-corrected chi connectivity index (χ0v) is 29.2. The summed E-state index contributed by atoms with van der Waals surface area (Å²) in [7, 11) is -7.93. The second-order valence-corrected chi connectivity index (χ2v) is 15.7. The van der Waals surface area contributed by atoms with E-state index in [1.807, 2.05) is 19.9 Å². The Hall–Kier alpha value is -4.59. The van der Waals surface area contributed by atoms with Gasteiger partial charge in [-0.25, -0.2) is 22.3 Å². The molecule has 0 saturated carbocycles. The fourth-order valence-electron chi connectivity index (χ4n) is 4.84. The molecule has 0 aliphatic rings. The molecule has 0 radical (unpaired) electrons. The van der Waals surface area contributed by atoms with E-state index in [1.165, 1.54) is 22.7 Å². The lowest BCUT2D eigenvalue weighted by molar-refractivity contribution is -0.121. The number of hydrogen-bond donors (Lipinski definition) is 1. The zero-order valence-electron chi connectivity index (χ0n) is 26.9. The van der Waals surface area contributed by atoms with Crippen LogP contribution in [0.3, 0.4) is 0 Å². The van der Waals surface area contributed by atoms with Crippen LogP contribution in [0.15, 0.2) is 135 Å². The van der Waals surface area contributed by atoms with Gasteiger partial charge in [-0.2, -0.15) is 13.7 Å². The van der Waals surface area contributed by atoms with Crippen molar-refractivity contribution in [3.05, 3.63) is 154 Å². The van der Waals surface area contributed by atoms with Crippen LogP contribution in [0.5, 0.6) is 0 Å². The highest BCUT2D eigenvalue weighted by molar-refractivity contribution is 7.89. The molecule has 4 aromatic carbocycles. The van der Waals surface area contributed by atoms with Gasteiger partial charge < -0.3 is 4.42 Å². The number of benzene rings is 4. The summed E-state index contributed by atoms with van der Waals surface area (Å²) in [6, 6.07) is 32.1. The quantitative estimate of drug-likeness (QED) is 0.106. The zero-order chi connectivity index (χ0) is 35.0. The number of rotatable bonds is 14. The molecule has 1 N–H and O–H groups in total. The Morgan fingerprint density at radius 3 is 1.82 bits per heavy atom. The second-order valence-electron chi connectivity index (χ2n) is 11.4. The molecule has 13 heteroatoms. The Bertz CT molecular complexity index is 2120. The van der Waals surface area contributed by atoms with E-state index in [4.69, 9.17) is 16.0 Å². The van der Waals surface area contributed by atoms with Crippen LogP contribution in [0.1, 0.15) is 33.8 Å². The molecule has 0 aliphatic carbocycles. The normalized spacial score (nSPS) is 12.2. The van der Waals surface area contributed by atoms with Crippen molar-refractivity contribution in [3.8, 4) is 0 Å².